The van der Waals surface area contributed by atoms with Gasteiger partial charge in [-0.05, 0) is 62.7 Å². The van der Waals surface area contributed by atoms with Crippen LogP contribution in [0.2, 0.25) is 0 Å². The van der Waals surface area contributed by atoms with Gasteiger partial charge in [0.15, 0.2) is 16.6 Å². The zero-order valence-corrected chi connectivity index (χ0v) is 21.8. The maximum Gasteiger partial charge on any atom is 0.243 e. The van der Waals surface area contributed by atoms with E-state index in [2.05, 4.69) is 10.6 Å². The van der Waals surface area contributed by atoms with Gasteiger partial charge in [-0.3, -0.25) is 4.79 Å². The molecule has 2 aromatic carbocycles. The van der Waals surface area contributed by atoms with Crippen molar-refractivity contribution in [3.63, 3.8) is 0 Å². The molecule has 0 spiro atoms. The highest BCUT2D eigenvalue weighted by Gasteiger charge is 2.25. The number of ether oxygens (including phenoxy) is 4. The third kappa shape index (κ3) is 5.80. The van der Waals surface area contributed by atoms with E-state index in [0.29, 0.717) is 29.0 Å². The predicted molar refractivity (Wildman–Crippen MR) is 141 cm³/mol. The predicted octanol–water partition coefficient (Wildman–Crippen LogP) is 5.01. The van der Waals surface area contributed by atoms with Gasteiger partial charge >= 0.3 is 0 Å². The molecule has 0 aliphatic carbocycles. The maximum atomic E-state index is 12.7. The average Bonchev–Trinajstić information content (AvgIpc) is 3.54. The lowest BCUT2D eigenvalue weighted by Gasteiger charge is -2.14. The van der Waals surface area contributed by atoms with Crippen molar-refractivity contribution in [2.45, 2.75) is 25.8 Å². The number of amides is 1. The number of anilines is 1. The summed E-state index contributed by atoms with van der Waals surface area (Å²) in [4.78, 5) is 18.4. The van der Waals surface area contributed by atoms with Crippen molar-refractivity contribution in [2.24, 2.45) is 0 Å². The Bertz CT molecular complexity index is 1120. The highest BCUT2D eigenvalue weighted by Crippen LogP contribution is 2.46. The topological polar surface area (TPSA) is 90.9 Å². The van der Waals surface area contributed by atoms with Crippen molar-refractivity contribution < 1.29 is 23.7 Å². The summed E-state index contributed by atoms with van der Waals surface area (Å²) in [6.45, 7) is 3.40. The Kier molecular flexibility index (Phi) is 9.20. The summed E-state index contributed by atoms with van der Waals surface area (Å²) in [5.41, 5.74) is 2.50. The van der Waals surface area contributed by atoms with Crippen LogP contribution in [0.3, 0.4) is 0 Å². The van der Waals surface area contributed by atoms with Crippen LogP contribution in [0.5, 0.6) is 23.0 Å². The van der Waals surface area contributed by atoms with Crippen LogP contribution in [0, 0.1) is 0 Å². The molecular formula is C25H30ClN3O5S. The number of hydrogen-bond donors (Lipinski definition) is 2. The molecule has 0 saturated carbocycles. The molecule has 1 atom stereocenters. The summed E-state index contributed by atoms with van der Waals surface area (Å²) in [6.07, 6.45) is 1.81. The van der Waals surface area contributed by atoms with Gasteiger partial charge in [-0.15, -0.1) is 12.4 Å². The lowest BCUT2D eigenvalue weighted by Crippen LogP contribution is -2.35. The Balaban J connectivity index is 0.00000342. The van der Waals surface area contributed by atoms with Gasteiger partial charge in [0.25, 0.3) is 0 Å². The molecule has 4 rings (SSSR count). The molecule has 1 aliphatic heterocycles. The number of carbonyl (C=O) groups excluding carboxylic acids is 1. The number of hydrogen-bond acceptors (Lipinski definition) is 8. The van der Waals surface area contributed by atoms with E-state index in [9.17, 15) is 4.79 Å². The molecule has 10 heteroatoms. The molecular weight excluding hydrogens is 490 g/mol. The van der Waals surface area contributed by atoms with Crippen molar-refractivity contribution >= 4 is 34.8 Å². The number of carbonyl (C=O) groups is 1. The van der Waals surface area contributed by atoms with Gasteiger partial charge in [0.05, 0.1) is 44.5 Å². The van der Waals surface area contributed by atoms with Crippen LogP contribution in [0.25, 0.3) is 21.7 Å². The smallest absolute Gasteiger partial charge is 0.243 e. The van der Waals surface area contributed by atoms with E-state index in [1.54, 1.807) is 21.3 Å². The van der Waals surface area contributed by atoms with Gasteiger partial charge in [0.1, 0.15) is 5.75 Å². The zero-order valence-electron chi connectivity index (χ0n) is 20.2. The largest absolute Gasteiger partial charge is 0.494 e. The third-order valence-electron chi connectivity index (χ3n) is 5.60. The molecule has 0 bridgehead atoms. The van der Waals surface area contributed by atoms with Gasteiger partial charge in [-0.25, -0.2) is 4.98 Å². The van der Waals surface area contributed by atoms with Crippen LogP contribution in [0.4, 0.5) is 5.13 Å². The van der Waals surface area contributed by atoms with Gasteiger partial charge in [0.2, 0.25) is 11.7 Å². The van der Waals surface area contributed by atoms with Gasteiger partial charge in [-0.1, -0.05) is 11.3 Å². The summed E-state index contributed by atoms with van der Waals surface area (Å²) in [7, 11) is 4.74. The normalized spacial score (nSPS) is 14.7. The monoisotopic (exact) mass is 519 g/mol. The first-order valence-electron chi connectivity index (χ1n) is 11.2. The fraction of sp³-hybridized carbons (Fsp3) is 0.360. The summed E-state index contributed by atoms with van der Waals surface area (Å²) in [6, 6.07) is 11.3. The Morgan fingerprint density at radius 3 is 2.31 bits per heavy atom. The van der Waals surface area contributed by atoms with Crippen LogP contribution < -0.4 is 29.6 Å². The summed E-state index contributed by atoms with van der Waals surface area (Å²) in [5, 5.41) is 6.75. The first-order valence-corrected chi connectivity index (χ1v) is 12.0. The average molecular weight is 520 g/mol. The van der Waals surface area contributed by atoms with Crippen molar-refractivity contribution in [3.05, 3.63) is 36.4 Å². The molecule has 2 heterocycles. The van der Waals surface area contributed by atoms with E-state index in [-0.39, 0.29) is 24.4 Å². The molecule has 1 aromatic heterocycles. The molecule has 0 radical (unpaired) electrons. The molecule has 1 saturated heterocycles. The van der Waals surface area contributed by atoms with E-state index in [0.717, 1.165) is 46.8 Å². The summed E-state index contributed by atoms with van der Waals surface area (Å²) in [5.74, 6) is 2.33. The van der Waals surface area contributed by atoms with Crippen LogP contribution in [-0.4, -0.2) is 51.4 Å². The van der Waals surface area contributed by atoms with Gasteiger partial charge in [-0.2, -0.15) is 0 Å². The van der Waals surface area contributed by atoms with Crippen molar-refractivity contribution in [3.8, 4) is 44.7 Å². The number of nitrogens with zero attached hydrogens (tertiary/aromatic N) is 1. The first-order chi connectivity index (χ1) is 16.6. The minimum atomic E-state index is -0.192. The van der Waals surface area contributed by atoms with Crippen LogP contribution in [0.15, 0.2) is 36.4 Å². The number of rotatable bonds is 9. The minimum absolute atomic E-state index is 0. The Hall–Kier alpha value is -3.01. The highest BCUT2D eigenvalue weighted by atomic mass is 35.5. The van der Waals surface area contributed by atoms with Crippen LogP contribution in [0.1, 0.15) is 19.8 Å². The lowest BCUT2D eigenvalue weighted by molar-refractivity contribution is -0.117. The first kappa shape index (κ1) is 26.6. The number of halogens is 1. The van der Waals surface area contributed by atoms with E-state index in [4.69, 9.17) is 23.9 Å². The molecule has 1 aliphatic rings. The SMILES string of the molecule is CCOc1ccc(-c2nc(NC(=O)[C@@H]3CCCN3)sc2-c2cc(OC)c(OC)c(OC)c2)cc1.Cl. The van der Waals surface area contributed by atoms with Gasteiger partial charge in [0, 0.05) is 11.1 Å². The number of benzene rings is 2. The third-order valence-corrected chi connectivity index (χ3v) is 6.62. The Labute approximate surface area is 215 Å². The standard InChI is InChI=1S/C25H29N3O5S.ClH/c1-5-33-17-10-8-15(9-11-17)21-23(16-13-19(30-2)22(32-4)20(14-16)31-3)34-25(27-21)28-24(29)18-7-6-12-26-18;/h8-11,13-14,18,26H,5-7,12H2,1-4H3,(H,27,28,29);1H/t18-;/m0./s1. The molecule has 1 amide bonds. The number of aromatic nitrogens is 1. The maximum absolute atomic E-state index is 12.7. The molecule has 0 unspecified atom stereocenters. The quantitative estimate of drug-likeness (QED) is 0.410. The fourth-order valence-corrected chi connectivity index (χ4v) is 4.93. The van der Waals surface area contributed by atoms with E-state index >= 15 is 0 Å². The molecule has 8 nitrogen and oxygen atoms in total. The summed E-state index contributed by atoms with van der Waals surface area (Å²) < 4.78 is 22.2. The second-order valence-electron chi connectivity index (χ2n) is 7.71. The van der Waals surface area contributed by atoms with E-state index in [1.807, 2.05) is 43.3 Å². The molecule has 2 N–H and O–H groups in total. The van der Waals surface area contributed by atoms with Crippen LogP contribution in [-0.2, 0) is 4.79 Å². The number of thiazole rings is 1. The van der Waals surface area contributed by atoms with Crippen molar-refractivity contribution in [1.29, 1.82) is 0 Å². The van der Waals surface area contributed by atoms with Crippen molar-refractivity contribution in [1.82, 2.24) is 10.3 Å². The second-order valence-corrected chi connectivity index (χ2v) is 8.71. The fourth-order valence-electron chi connectivity index (χ4n) is 3.95. The molecule has 188 valence electrons. The van der Waals surface area contributed by atoms with Gasteiger partial charge < -0.3 is 29.6 Å². The Morgan fingerprint density at radius 1 is 1.09 bits per heavy atom. The molecule has 1 fully saturated rings. The zero-order chi connectivity index (χ0) is 24.1. The Morgan fingerprint density at radius 2 is 1.77 bits per heavy atom. The van der Waals surface area contributed by atoms with Crippen LogP contribution >= 0.6 is 23.7 Å². The highest BCUT2D eigenvalue weighted by molar-refractivity contribution is 7.19. The number of methoxy groups -OCH3 is 3. The van der Waals surface area contributed by atoms with E-state index < -0.39 is 0 Å². The van der Waals surface area contributed by atoms with Crippen molar-refractivity contribution in [2.75, 3.05) is 39.8 Å². The second kappa shape index (κ2) is 12.1. The minimum Gasteiger partial charge on any atom is -0.494 e. The van der Waals surface area contributed by atoms with E-state index in [1.165, 1.54) is 11.3 Å². The lowest BCUT2D eigenvalue weighted by atomic mass is 10.1. The molecule has 35 heavy (non-hydrogen) atoms. The summed E-state index contributed by atoms with van der Waals surface area (Å²) >= 11 is 1.41. The molecule has 3 aromatic rings. The number of nitrogens with one attached hydrogen (secondary N) is 2.